The number of hydrogen-bond donors (Lipinski definition) is 2. The lowest BCUT2D eigenvalue weighted by atomic mass is 9.71. The Morgan fingerprint density at radius 3 is 2.20 bits per heavy atom. The second-order valence-electron chi connectivity index (χ2n) is 3.81. The van der Waals surface area contributed by atoms with Gasteiger partial charge < -0.3 is 10.4 Å². The normalized spacial score (nSPS) is 33.6. The molecule has 0 aromatic rings. The summed E-state index contributed by atoms with van der Waals surface area (Å²) in [7, 11) is 1.98. The van der Waals surface area contributed by atoms with Crippen molar-refractivity contribution < 1.29 is 5.11 Å². The molecular formula is C8H17NO. The van der Waals surface area contributed by atoms with Crippen molar-refractivity contribution in [2.45, 2.75) is 38.3 Å². The van der Waals surface area contributed by atoms with Gasteiger partial charge in [-0.1, -0.05) is 0 Å². The fourth-order valence-electron chi connectivity index (χ4n) is 1.43. The molecule has 0 spiro atoms. The van der Waals surface area contributed by atoms with Crippen molar-refractivity contribution in [2.75, 3.05) is 7.05 Å². The first-order valence-electron chi connectivity index (χ1n) is 3.93. The standard InChI is InChI=1S/C8H17NO/c1-8(2,10)6-4-7(5-6)9-3/h6-7,9-10H,4-5H2,1-3H3. The molecule has 0 aromatic heterocycles. The van der Waals surface area contributed by atoms with Crippen molar-refractivity contribution in [3.63, 3.8) is 0 Å². The maximum Gasteiger partial charge on any atom is 0.0620 e. The molecule has 0 heterocycles. The molecule has 1 fully saturated rings. The quantitative estimate of drug-likeness (QED) is 0.598. The molecule has 0 unspecified atom stereocenters. The summed E-state index contributed by atoms with van der Waals surface area (Å²) in [5, 5.41) is 12.7. The van der Waals surface area contributed by atoms with E-state index in [0.29, 0.717) is 12.0 Å². The predicted molar refractivity (Wildman–Crippen MR) is 41.9 cm³/mol. The average molecular weight is 143 g/mol. The molecule has 0 aliphatic heterocycles. The van der Waals surface area contributed by atoms with E-state index in [9.17, 15) is 5.11 Å². The van der Waals surface area contributed by atoms with E-state index in [0.717, 1.165) is 12.8 Å². The van der Waals surface area contributed by atoms with Crippen LogP contribution in [-0.2, 0) is 0 Å². The fraction of sp³-hybridized carbons (Fsp3) is 1.00. The molecule has 0 radical (unpaired) electrons. The minimum absolute atomic E-state index is 0.465. The number of nitrogens with one attached hydrogen (secondary N) is 1. The molecule has 2 heteroatoms. The lowest BCUT2D eigenvalue weighted by Crippen LogP contribution is -2.48. The lowest BCUT2D eigenvalue weighted by Gasteiger charge is -2.42. The zero-order valence-electron chi connectivity index (χ0n) is 7.02. The summed E-state index contributed by atoms with van der Waals surface area (Å²) < 4.78 is 0. The topological polar surface area (TPSA) is 32.3 Å². The summed E-state index contributed by atoms with van der Waals surface area (Å²) in [4.78, 5) is 0. The molecule has 1 saturated carbocycles. The number of aliphatic hydroxyl groups is 1. The molecule has 1 rings (SSSR count). The molecule has 60 valence electrons. The Bertz CT molecular complexity index is 111. The van der Waals surface area contributed by atoms with Crippen LogP contribution in [0.3, 0.4) is 0 Å². The van der Waals surface area contributed by atoms with Crippen molar-refractivity contribution in [2.24, 2.45) is 5.92 Å². The second-order valence-corrected chi connectivity index (χ2v) is 3.81. The predicted octanol–water partition coefficient (Wildman–Crippen LogP) is 0.755. The van der Waals surface area contributed by atoms with Crippen LogP contribution < -0.4 is 5.32 Å². The van der Waals surface area contributed by atoms with E-state index < -0.39 is 5.60 Å². The van der Waals surface area contributed by atoms with E-state index in [1.54, 1.807) is 0 Å². The van der Waals surface area contributed by atoms with Gasteiger partial charge in [0.25, 0.3) is 0 Å². The van der Waals surface area contributed by atoms with Crippen LogP contribution in [0.5, 0.6) is 0 Å². The summed E-state index contributed by atoms with van der Waals surface area (Å²) in [6, 6.07) is 0.649. The van der Waals surface area contributed by atoms with Gasteiger partial charge in [0.15, 0.2) is 0 Å². The third kappa shape index (κ3) is 1.50. The Balaban J connectivity index is 2.26. The highest BCUT2D eigenvalue weighted by Gasteiger charge is 2.37. The molecule has 2 nitrogen and oxygen atoms in total. The molecular weight excluding hydrogens is 126 g/mol. The fourth-order valence-corrected chi connectivity index (χ4v) is 1.43. The van der Waals surface area contributed by atoms with Crippen LogP contribution in [0.2, 0.25) is 0 Å². The first kappa shape index (κ1) is 8.02. The maximum absolute atomic E-state index is 9.52. The minimum atomic E-state index is -0.465. The summed E-state index contributed by atoms with van der Waals surface area (Å²) in [6.45, 7) is 3.78. The third-order valence-electron chi connectivity index (χ3n) is 2.55. The number of hydrogen-bond acceptors (Lipinski definition) is 2. The van der Waals surface area contributed by atoms with Gasteiger partial charge in [-0.25, -0.2) is 0 Å². The Morgan fingerprint density at radius 1 is 1.40 bits per heavy atom. The van der Waals surface area contributed by atoms with E-state index in [1.165, 1.54) is 0 Å². The van der Waals surface area contributed by atoms with Gasteiger partial charge in [0.2, 0.25) is 0 Å². The Morgan fingerprint density at radius 2 is 1.90 bits per heavy atom. The van der Waals surface area contributed by atoms with Gasteiger partial charge in [-0.15, -0.1) is 0 Å². The van der Waals surface area contributed by atoms with Crippen molar-refractivity contribution in [3.05, 3.63) is 0 Å². The molecule has 0 bridgehead atoms. The highest BCUT2D eigenvalue weighted by Crippen LogP contribution is 2.35. The molecule has 10 heavy (non-hydrogen) atoms. The van der Waals surface area contributed by atoms with E-state index in [1.807, 2.05) is 20.9 Å². The van der Waals surface area contributed by atoms with Crippen LogP contribution in [0.25, 0.3) is 0 Å². The van der Waals surface area contributed by atoms with Gasteiger partial charge in [-0.2, -0.15) is 0 Å². The highest BCUT2D eigenvalue weighted by atomic mass is 16.3. The summed E-state index contributed by atoms with van der Waals surface area (Å²) in [6.07, 6.45) is 2.25. The largest absolute Gasteiger partial charge is 0.390 e. The summed E-state index contributed by atoms with van der Waals surface area (Å²) >= 11 is 0. The highest BCUT2D eigenvalue weighted by molar-refractivity contribution is 4.92. The molecule has 1 aliphatic rings. The first-order chi connectivity index (χ1) is 4.54. The Hall–Kier alpha value is -0.0800. The molecule has 2 N–H and O–H groups in total. The SMILES string of the molecule is CNC1CC(C(C)(C)O)C1. The van der Waals surface area contributed by atoms with Crippen molar-refractivity contribution >= 4 is 0 Å². The van der Waals surface area contributed by atoms with Crippen molar-refractivity contribution in [1.82, 2.24) is 5.32 Å². The van der Waals surface area contributed by atoms with Crippen LogP contribution in [0.15, 0.2) is 0 Å². The monoisotopic (exact) mass is 143 g/mol. The van der Waals surface area contributed by atoms with Crippen LogP contribution in [0, 0.1) is 5.92 Å². The van der Waals surface area contributed by atoms with Crippen LogP contribution >= 0.6 is 0 Å². The second kappa shape index (κ2) is 2.51. The maximum atomic E-state index is 9.52. The average Bonchev–Trinajstić information content (AvgIpc) is 1.57. The van der Waals surface area contributed by atoms with Gasteiger partial charge in [-0.3, -0.25) is 0 Å². The smallest absolute Gasteiger partial charge is 0.0620 e. The lowest BCUT2D eigenvalue weighted by molar-refractivity contribution is -0.0307. The van der Waals surface area contributed by atoms with E-state index in [2.05, 4.69) is 5.32 Å². The van der Waals surface area contributed by atoms with Crippen molar-refractivity contribution in [1.29, 1.82) is 0 Å². The number of rotatable bonds is 2. The van der Waals surface area contributed by atoms with E-state index in [4.69, 9.17) is 0 Å². The Kier molecular flexibility index (Phi) is 2.02. The molecule has 0 amide bonds. The molecule has 1 aliphatic carbocycles. The van der Waals surface area contributed by atoms with Crippen LogP contribution in [0.4, 0.5) is 0 Å². The van der Waals surface area contributed by atoms with Crippen LogP contribution in [-0.4, -0.2) is 23.8 Å². The molecule has 0 atom stereocenters. The first-order valence-corrected chi connectivity index (χ1v) is 3.93. The van der Waals surface area contributed by atoms with Gasteiger partial charge >= 0.3 is 0 Å². The minimum Gasteiger partial charge on any atom is -0.390 e. The summed E-state index contributed by atoms with van der Waals surface area (Å²) in [5.74, 6) is 0.505. The zero-order chi connectivity index (χ0) is 7.78. The van der Waals surface area contributed by atoms with Crippen LogP contribution in [0.1, 0.15) is 26.7 Å². The zero-order valence-corrected chi connectivity index (χ0v) is 7.02. The van der Waals surface area contributed by atoms with Gasteiger partial charge in [0, 0.05) is 6.04 Å². The summed E-state index contributed by atoms with van der Waals surface area (Å²) in [5.41, 5.74) is -0.465. The molecule has 0 aromatic carbocycles. The van der Waals surface area contributed by atoms with Gasteiger partial charge in [0.1, 0.15) is 0 Å². The third-order valence-corrected chi connectivity index (χ3v) is 2.55. The van der Waals surface area contributed by atoms with E-state index >= 15 is 0 Å². The van der Waals surface area contributed by atoms with E-state index in [-0.39, 0.29) is 0 Å². The van der Waals surface area contributed by atoms with Crippen molar-refractivity contribution in [3.8, 4) is 0 Å². The molecule has 0 saturated heterocycles. The van der Waals surface area contributed by atoms with Gasteiger partial charge in [0.05, 0.1) is 5.60 Å². The van der Waals surface area contributed by atoms with Gasteiger partial charge in [-0.05, 0) is 39.7 Å². The Labute approximate surface area is 62.6 Å².